The number of piperidine rings is 1. The minimum absolute atomic E-state index is 0.0437. The number of benzene rings is 1. The molecule has 3 amide bonds. The number of phenols is 1. The Kier molecular flexibility index (Phi) is 5.46. The predicted molar refractivity (Wildman–Crippen MR) is 95.1 cm³/mol. The summed E-state index contributed by atoms with van der Waals surface area (Å²) in [7, 11) is 1.76. The molecule has 2 aliphatic heterocycles. The molecule has 0 unspecified atom stereocenters. The summed E-state index contributed by atoms with van der Waals surface area (Å²) >= 11 is 0. The normalized spacial score (nSPS) is 20.6. The van der Waals surface area contributed by atoms with Gasteiger partial charge in [0.25, 0.3) is 0 Å². The van der Waals surface area contributed by atoms with E-state index in [9.17, 15) is 14.7 Å². The number of rotatable bonds is 3. The van der Waals surface area contributed by atoms with Gasteiger partial charge in [0.2, 0.25) is 5.91 Å². The van der Waals surface area contributed by atoms with Crippen LogP contribution in [0.1, 0.15) is 31.2 Å². The van der Waals surface area contributed by atoms with E-state index >= 15 is 0 Å². The van der Waals surface area contributed by atoms with E-state index in [0.717, 1.165) is 50.9 Å². The zero-order chi connectivity index (χ0) is 17.8. The molecule has 0 radical (unpaired) electrons. The number of likely N-dealkylation sites (tertiary alicyclic amines) is 2. The van der Waals surface area contributed by atoms with Gasteiger partial charge in [-0.1, -0.05) is 18.2 Å². The molecule has 0 spiro atoms. The van der Waals surface area contributed by atoms with Crippen molar-refractivity contribution in [2.45, 2.75) is 32.2 Å². The van der Waals surface area contributed by atoms with E-state index in [1.54, 1.807) is 24.1 Å². The third-order valence-electron chi connectivity index (χ3n) is 5.19. The minimum atomic E-state index is -0.156. The molecule has 0 aliphatic carbocycles. The van der Waals surface area contributed by atoms with Crippen LogP contribution in [0.3, 0.4) is 0 Å². The van der Waals surface area contributed by atoms with E-state index in [4.69, 9.17) is 0 Å². The van der Waals surface area contributed by atoms with Crippen molar-refractivity contribution in [1.29, 1.82) is 0 Å². The Morgan fingerprint density at radius 2 is 1.80 bits per heavy atom. The molecule has 136 valence electrons. The van der Waals surface area contributed by atoms with E-state index in [-0.39, 0.29) is 23.6 Å². The fraction of sp³-hybridized carbons (Fsp3) is 0.579. The number of hydrogen-bond acceptors (Lipinski definition) is 3. The Labute approximate surface area is 149 Å². The van der Waals surface area contributed by atoms with Crippen LogP contribution in [0.2, 0.25) is 0 Å². The first-order chi connectivity index (χ1) is 12.1. The lowest BCUT2D eigenvalue weighted by Gasteiger charge is -2.36. The first kappa shape index (κ1) is 17.6. The molecule has 6 nitrogen and oxygen atoms in total. The van der Waals surface area contributed by atoms with Crippen LogP contribution in [0.25, 0.3) is 0 Å². The number of urea groups is 1. The number of para-hydroxylation sites is 1. The number of phenolic OH excluding ortho intramolecular Hbond substituents is 1. The van der Waals surface area contributed by atoms with Gasteiger partial charge in [-0.25, -0.2) is 4.79 Å². The Bertz CT molecular complexity index is 628. The van der Waals surface area contributed by atoms with Gasteiger partial charge in [0, 0.05) is 45.3 Å². The molecule has 2 saturated heterocycles. The highest BCUT2D eigenvalue weighted by Gasteiger charge is 2.32. The lowest BCUT2D eigenvalue weighted by Crippen LogP contribution is -2.49. The first-order valence-electron chi connectivity index (χ1n) is 9.12. The molecule has 0 saturated carbocycles. The summed E-state index contributed by atoms with van der Waals surface area (Å²) < 4.78 is 0. The molecule has 25 heavy (non-hydrogen) atoms. The molecule has 2 aliphatic rings. The van der Waals surface area contributed by atoms with Crippen LogP contribution in [0.15, 0.2) is 24.3 Å². The van der Waals surface area contributed by atoms with E-state index in [1.165, 1.54) is 0 Å². The van der Waals surface area contributed by atoms with Gasteiger partial charge in [-0.2, -0.15) is 0 Å². The van der Waals surface area contributed by atoms with Crippen LogP contribution in [-0.4, -0.2) is 65.0 Å². The van der Waals surface area contributed by atoms with Crippen LogP contribution in [0.4, 0.5) is 4.79 Å². The third-order valence-corrected chi connectivity index (χ3v) is 5.19. The molecule has 3 rings (SSSR count). The van der Waals surface area contributed by atoms with E-state index in [0.29, 0.717) is 13.1 Å². The minimum Gasteiger partial charge on any atom is -0.508 e. The monoisotopic (exact) mass is 345 g/mol. The Morgan fingerprint density at radius 1 is 1.12 bits per heavy atom. The largest absolute Gasteiger partial charge is 0.508 e. The lowest BCUT2D eigenvalue weighted by molar-refractivity contribution is -0.136. The SMILES string of the molecule is CN(Cc1ccccc1O)C(=O)[C@@H]1CCCN(C(=O)N2CCCC2)C1. The molecular weight excluding hydrogens is 318 g/mol. The van der Waals surface area contributed by atoms with Crippen molar-refractivity contribution < 1.29 is 14.7 Å². The molecule has 2 fully saturated rings. The Morgan fingerprint density at radius 3 is 2.52 bits per heavy atom. The van der Waals surface area contributed by atoms with Gasteiger partial charge >= 0.3 is 6.03 Å². The number of carbonyl (C=O) groups is 2. The van der Waals surface area contributed by atoms with Crippen LogP contribution in [0.5, 0.6) is 5.75 Å². The molecule has 0 aromatic heterocycles. The Balaban J connectivity index is 1.59. The number of amides is 3. The molecule has 2 heterocycles. The Hall–Kier alpha value is -2.24. The van der Waals surface area contributed by atoms with Crippen molar-refractivity contribution >= 4 is 11.9 Å². The summed E-state index contributed by atoms with van der Waals surface area (Å²) in [5.41, 5.74) is 0.735. The fourth-order valence-corrected chi connectivity index (χ4v) is 3.75. The van der Waals surface area contributed by atoms with Gasteiger partial charge in [0.1, 0.15) is 5.75 Å². The molecule has 1 atom stereocenters. The summed E-state index contributed by atoms with van der Waals surface area (Å²) in [5.74, 6) is 0.0926. The summed E-state index contributed by atoms with van der Waals surface area (Å²) in [5, 5.41) is 9.89. The molecule has 1 aromatic rings. The lowest BCUT2D eigenvalue weighted by atomic mass is 9.96. The van der Waals surface area contributed by atoms with Crippen molar-refractivity contribution in [2.75, 3.05) is 33.2 Å². The van der Waals surface area contributed by atoms with E-state index in [2.05, 4.69) is 0 Å². The maximum absolute atomic E-state index is 12.8. The first-order valence-corrected chi connectivity index (χ1v) is 9.12. The highest BCUT2D eigenvalue weighted by atomic mass is 16.3. The average Bonchev–Trinajstić information content (AvgIpc) is 3.17. The summed E-state index contributed by atoms with van der Waals surface area (Å²) in [6.07, 6.45) is 3.82. The second-order valence-electron chi connectivity index (χ2n) is 7.08. The molecular formula is C19H27N3O3. The van der Waals surface area contributed by atoms with Crippen molar-refractivity contribution in [3.8, 4) is 5.75 Å². The fourth-order valence-electron chi connectivity index (χ4n) is 3.75. The number of aromatic hydroxyl groups is 1. The van der Waals surface area contributed by atoms with Crippen molar-refractivity contribution in [3.63, 3.8) is 0 Å². The summed E-state index contributed by atoms with van der Waals surface area (Å²) in [6.45, 7) is 3.28. The maximum Gasteiger partial charge on any atom is 0.320 e. The number of hydrogen-bond donors (Lipinski definition) is 1. The van der Waals surface area contributed by atoms with Gasteiger partial charge in [0.15, 0.2) is 0 Å². The summed E-state index contributed by atoms with van der Waals surface area (Å²) in [4.78, 5) is 30.8. The van der Waals surface area contributed by atoms with Crippen LogP contribution < -0.4 is 0 Å². The standard InChI is InChI=1S/C19H27N3O3/c1-20(13-15-7-2-3-9-17(15)23)18(24)16-8-6-12-22(14-16)19(25)21-10-4-5-11-21/h2-3,7,9,16,23H,4-6,8,10-14H2,1H3/t16-/m1/s1. The van der Waals surface area contributed by atoms with E-state index < -0.39 is 0 Å². The highest BCUT2D eigenvalue weighted by molar-refractivity contribution is 5.81. The van der Waals surface area contributed by atoms with Crippen molar-refractivity contribution in [2.24, 2.45) is 5.92 Å². The predicted octanol–water partition coefficient (Wildman–Crippen LogP) is 2.28. The van der Waals surface area contributed by atoms with Gasteiger partial charge in [-0.05, 0) is 31.7 Å². The second kappa shape index (κ2) is 7.76. The smallest absolute Gasteiger partial charge is 0.320 e. The van der Waals surface area contributed by atoms with Crippen LogP contribution in [-0.2, 0) is 11.3 Å². The quantitative estimate of drug-likeness (QED) is 0.914. The zero-order valence-electron chi connectivity index (χ0n) is 14.9. The van der Waals surface area contributed by atoms with Gasteiger partial charge in [-0.3, -0.25) is 4.79 Å². The average molecular weight is 345 g/mol. The maximum atomic E-state index is 12.8. The van der Waals surface area contributed by atoms with Crippen molar-refractivity contribution in [3.05, 3.63) is 29.8 Å². The molecule has 6 heteroatoms. The molecule has 1 aromatic carbocycles. The van der Waals surface area contributed by atoms with Crippen molar-refractivity contribution in [1.82, 2.24) is 14.7 Å². The molecule has 0 bridgehead atoms. The second-order valence-corrected chi connectivity index (χ2v) is 7.08. The zero-order valence-corrected chi connectivity index (χ0v) is 14.9. The highest BCUT2D eigenvalue weighted by Crippen LogP contribution is 2.23. The number of carbonyl (C=O) groups excluding carboxylic acids is 2. The van der Waals surface area contributed by atoms with Gasteiger partial charge < -0.3 is 19.8 Å². The van der Waals surface area contributed by atoms with E-state index in [1.807, 2.05) is 21.9 Å². The number of nitrogens with zero attached hydrogens (tertiary/aromatic N) is 3. The third kappa shape index (κ3) is 4.06. The van der Waals surface area contributed by atoms with Gasteiger partial charge in [0.05, 0.1) is 5.92 Å². The molecule has 1 N–H and O–H groups in total. The topological polar surface area (TPSA) is 64.1 Å². The summed E-state index contributed by atoms with van der Waals surface area (Å²) in [6, 6.07) is 7.15. The van der Waals surface area contributed by atoms with Crippen LogP contribution in [0, 0.1) is 5.92 Å². The van der Waals surface area contributed by atoms with Gasteiger partial charge in [-0.15, -0.1) is 0 Å². The van der Waals surface area contributed by atoms with Crippen LogP contribution >= 0.6 is 0 Å².